The number of hydrazone groups is 1. The predicted octanol–water partition coefficient (Wildman–Crippen LogP) is 5.23. The van der Waals surface area contributed by atoms with E-state index in [1.807, 2.05) is 6.07 Å². The highest BCUT2D eigenvalue weighted by molar-refractivity contribution is 9.10. The summed E-state index contributed by atoms with van der Waals surface area (Å²) < 4.78 is 14.9. The van der Waals surface area contributed by atoms with Crippen LogP contribution in [0.3, 0.4) is 0 Å². The number of para-hydroxylation sites is 1. The Morgan fingerprint density at radius 2 is 1.73 bits per heavy atom. The summed E-state index contributed by atoms with van der Waals surface area (Å²) in [4.78, 5) is 37.9. The van der Waals surface area contributed by atoms with Gasteiger partial charge in [0.25, 0.3) is 5.56 Å². The van der Waals surface area contributed by atoms with Crippen LogP contribution in [-0.4, -0.2) is 34.5 Å². The molecule has 41 heavy (non-hydrogen) atoms. The molecule has 0 aliphatic carbocycles. The zero-order chi connectivity index (χ0) is 29.7. The Bertz CT molecular complexity index is 1680. The molecule has 0 fully saturated rings. The van der Waals surface area contributed by atoms with Crippen LogP contribution in [0.25, 0.3) is 5.69 Å². The first kappa shape index (κ1) is 29.9. The van der Waals surface area contributed by atoms with Gasteiger partial charge in [-0.2, -0.15) is 5.10 Å². The lowest BCUT2D eigenvalue weighted by Gasteiger charge is -2.14. The highest BCUT2D eigenvalue weighted by Gasteiger charge is 2.21. The van der Waals surface area contributed by atoms with Crippen molar-refractivity contribution in [2.75, 3.05) is 12.4 Å². The molecule has 4 rings (SSSR count). The van der Waals surface area contributed by atoms with Crippen molar-refractivity contribution in [3.63, 3.8) is 0 Å². The van der Waals surface area contributed by atoms with Crippen LogP contribution in [0.1, 0.15) is 16.8 Å². The standard InChI is InChI=1S/C28H24BrCl2N5O5/c1-16-24(28(39)36(35(16)2)18-8-5-4-6-9-18)33-26(37)27(38)34-32-14-17-12-20(29)25(23(13-17)40-3)41-15-19-21(30)10-7-11-22(19)31/h4-14H,15H2,1-3H3,(H,33,37)(H,34,38)/b32-14+. The van der Waals surface area contributed by atoms with Gasteiger partial charge in [0.15, 0.2) is 11.5 Å². The summed E-state index contributed by atoms with van der Waals surface area (Å²) in [6.45, 7) is 1.76. The Balaban J connectivity index is 1.43. The number of hydrogen-bond acceptors (Lipinski definition) is 6. The predicted molar refractivity (Wildman–Crippen MR) is 162 cm³/mol. The van der Waals surface area contributed by atoms with E-state index >= 15 is 0 Å². The van der Waals surface area contributed by atoms with Crippen molar-refractivity contribution in [1.82, 2.24) is 14.8 Å². The lowest BCUT2D eigenvalue weighted by molar-refractivity contribution is -0.136. The molecule has 2 N–H and O–H groups in total. The highest BCUT2D eigenvalue weighted by atomic mass is 79.9. The molecule has 1 heterocycles. The fourth-order valence-electron chi connectivity index (χ4n) is 3.87. The molecule has 4 aromatic rings. The van der Waals surface area contributed by atoms with Gasteiger partial charge in [-0.1, -0.05) is 47.5 Å². The fourth-order valence-corrected chi connectivity index (χ4v) is 4.95. The first-order chi connectivity index (χ1) is 19.6. The molecule has 212 valence electrons. The van der Waals surface area contributed by atoms with Gasteiger partial charge in [0, 0.05) is 22.7 Å². The van der Waals surface area contributed by atoms with Crippen LogP contribution in [0, 0.1) is 6.92 Å². The number of rotatable bonds is 8. The van der Waals surface area contributed by atoms with Crippen LogP contribution in [0.5, 0.6) is 11.5 Å². The third-order valence-electron chi connectivity index (χ3n) is 6.05. The van der Waals surface area contributed by atoms with E-state index in [9.17, 15) is 14.4 Å². The van der Waals surface area contributed by atoms with Crippen molar-refractivity contribution < 1.29 is 19.1 Å². The maximum Gasteiger partial charge on any atom is 0.329 e. The molecule has 0 spiro atoms. The molecular weight excluding hydrogens is 637 g/mol. The average Bonchev–Trinajstić information content (AvgIpc) is 3.16. The molecule has 13 heteroatoms. The van der Waals surface area contributed by atoms with Gasteiger partial charge in [-0.15, -0.1) is 0 Å². The number of aromatic nitrogens is 2. The Morgan fingerprint density at radius 1 is 1.05 bits per heavy atom. The average molecular weight is 661 g/mol. The van der Waals surface area contributed by atoms with Gasteiger partial charge in [0.2, 0.25) is 0 Å². The highest BCUT2D eigenvalue weighted by Crippen LogP contribution is 2.37. The Labute approximate surface area is 253 Å². The number of carbonyl (C=O) groups is 2. The Hall–Kier alpha value is -4.06. The summed E-state index contributed by atoms with van der Waals surface area (Å²) in [6.07, 6.45) is 1.32. The summed E-state index contributed by atoms with van der Waals surface area (Å²) >= 11 is 15.9. The first-order valence-corrected chi connectivity index (χ1v) is 13.6. The molecule has 0 saturated heterocycles. The Morgan fingerprint density at radius 3 is 2.39 bits per heavy atom. The monoisotopic (exact) mass is 659 g/mol. The van der Waals surface area contributed by atoms with E-state index in [-0.39, 0.29) is 12.3 Å². The number of hydrogen-bond donors (Lipinski definition) is 2. The van der Waals surface area contributed by atoms with E-state index in [4.69, 9.17) is 32.7 Å². The molecule has 0 aliphatic heterocycles. The third-order valence-corrected chi connectivity index (χ3v) is 7.35. The van der Waals surface area contributed by atoms with Crippen molar-refractivity contribution in [3.8, 4) is 17.2 Å². The number of nitrogens with one attached hydrogen (secondary N) is 2. The number of anilines is 1. The maximum absolute atomic E-state index is 13.0. The van der Waals surface area contributed by atoms with E-state index in [2.05, 4.69) is 31.8 Å². The van der Waals surface area contributed by atoms with Gasteiger partial charge in [-0.05, 0) is 64.8 Å². The smallest absolute Gasteiger partial charge is 0.329 e. The second kappa shape index (κ2) is 13.1. The van der Waals surface area contributed by atoms with Crippen molar-refractivity contribution in [2.45, 2.75) is 13.5 Å². The van der Waals surface area contributed by atoms with Crippen LogP contribution in [0.2, 0.25) is 10.0 Å². The molecule has 2 amide bonds. The van der Waals surface area contributed by atoms with Gasteiger partial charge in [0.05, 0.1) is 29.2 Å². The zero-order valence-electron chi connectivity index (χ0n) is 22.1. The SMILES string of the molecule is COc1cc(/C=N/NC(=O)C(=O)Nc2c(C)n(C)n(-c3ccccc3)c2=O)cc(Br)c1OCc1c(Cl)cccc1Cl. The van der Waals surface area contributed by atoms with Crippen LogP contribution in [0.4, 0.5) is 5.69 Å². The van der Waals surface area contributed by atoms with Gasteiger partial charge < -0.3 is 14.8 Å². The fraction of sp³-hybridized carbons (Fsp3) is 0.143. The van der Waals surface area contributed by atoms with E-state index in [1.165, 1.54) is 18.0 Å². The van der Waals surface area contributed by atoms with Crippen molar-refractivity contribution in [1.29, 1.82) is 0 Å². The van der Waals surface area contributed by atoms with Crippen LogP contribution in [0.15, 0.2) is 75.0 Å². The minimum Gasteiger partial charge on any atom is -0.493 e. The lowest BCUT2D eigenvalue weighted by Crippen LogP contribution is -2.34. The normalized spacial score (nSPS) is 11.0. The molecule has 1 aromatic heterocycles. The van der Waals surface area contributed by atoms with Crippen LogP contribution < -0.4 is 25.8 Å². The summed E-state index contributed by atoms with van der Waals surface area (Å²) in [7, 11) is 3.15. The molecule has 3 aromatic carbocycles. The van der Waals surface area contributed by atoms with Crippen LogP contribution >= 0.6 is 39.1 Å². The molecule has 0 aliphatic rings. The molecular formula is C28H24BrCl2N5O5. The van der Waals surface area contributed by atoms with Gasteiger partial charge in [-0.3, -0.25) is 19.1 Å². The number of carbonyl (C=O) groups excluding carboxylic acids is 2. The molecule has 0 saturated carbocycles. The van der Waals surface area contributed by atoms with E-state index < -0.39 is 17.4 Å². The van der Waals surface area contributed by atoms with E-state index in [1.54, 1.807) is 73.3 Å². The molecule has 10 nitrogen and oxygen atoms in total. The van der Waals surface area contributed by atoms with Crippen molar-refractivity contribution in [3.05, 3.63) is 102 Å². The zero-order valence-corrected chi connectivity index (χ0v) is 25.2. The van der Waals surface area contributed by atoms with E-state index in [0.29, 0.717) is 48.5 Å². The summed E-state index contributed by atoms with van der Waals surface area (Å²) in [5, 5.41) is 7.19. The summed E-state index contributed by atoms with van der Waals surface area (Å²) in [5.41, 5.74) is 3.92. The first-order valence-electron chi connectivity index (χ1n) is 12.0. The van der Waals surface area contributed by atoms with Crippen molar-refractivity contribution in [2.24, 2.45) is 12.1 Å². The molecule has 0 radical (unpaired) electrons. The van der Waals surface area contributed by atoms with Gasteiger partial charge in [0.1, 0.15) is 12.3 Å². The minimum atomic E-state index is -1.06. The number of halogens is 3. The Kier molecular flexibility index (Phi) is 9.53. The number of methoxy groups -OCH3 is 1. The molecule has 0 atom stereocenters. The quantitative estimate of drug-likeness (QED) is 0.153. The molecule has 0 unspecified atom stereocenters. The van der Waals surface area contributed by atoms with E-state index in [0.717, 1.165) is 0 Å². The molecule has 0 bridgehead atoms. The minimum absolute atomic E-state index is 0.0113. The summed E-state index contributed by atoms with van der Waals surface area (Å²) in [6, 6.07) is 17.4. The number of nitrogens with zero attached hydrogens (tertiary/aromatic N) is 3. The number of amides is 2. The van der Waals surface area contributed by atoms with Crippen LogP contribution in [-0.2, 0) is 23.2 Å². The summed E-state index contributed by atoms with van der Waals surface area (Å²) in [5.74, 6) is -1.32. The second-order valence-corrected chi connectivity index (χ2v) is 10.3. The van der Waals surface area contributed by atoms with Crippen molar-refractivity contribution >= 4 is 62.8 Å². The van der Waals surface area contributed by atoms with Gasteiger partial charge in [-0.25, -0.2) is 10.1 Å². The maximum atomic E-state index is 13.0. The van der Waals surface area contributed by atoms with Gasteiger partial charge >= 0.3 is 11.8 Å². The second-order valence-electron chi connectivity index (χ2n) is 8.61. The third kappa shape index (κ3) is 6.64. The topological polar surface area (TPSA) is 116 Å². The largest absolute Gasteiger partial charge is 0.493 e. The number of benzene rings is 3. The lowest BCUT2D eigenvalue weighted by atomic mass is 10.2. The number of ether oxygens (including phenoxy) is 2.